The third-order valence-corrected chi connectivity index (χ3v) is 3.58. The Bertz CT molecular complexity index is 670. The van der Waals surface area contributed by atoms with E-state index in [1.807, 2.05) is 37.9 Å². The molecule has 0 bridgehead atoms. The van der Waals surface area contributed by atoms with Crippen LogP contribution in [0.5, 0.6) is 0 Å². The molecule has 0 saturated heterocycles. The molecule has 0 heterocycles. The molecular weight excluding hydrogens is 279 g/mol. The maximum atomic E-state index is 13.5. The summed E-state index contributed by atoms with van der Waals surface area (Å²) in [5.74, 6) is -0.434. The van der Waals surface area contributed by atoms with Crippen LogP contribution in [-0.4, -0.2) is 19.5 Å². The first-order chi connectivity index (χ1) is 10.5. The summed E-state index contributed by atoms with van der Waals surface area (Å²) in [4.78, 5) is 13.9. The van der Waals surface area contributed by atoms with Crippen molar-refractivity contribution in [2.75, 3.05) is 18.5 Å². The number of halogens is 1. The van der Waals surface area contributed by atoms with Crippen molar-refractivity contribution in [3.63, 3.8) is 0 Å². The van der Waals surface area contributed by atoms with Gasteiger partial charge in [-0.2, -0.15) is 0 Å². The van der Waals surface area contributed by atoms with Crippen LogP contribution >= 0.6 is 0 Å². The van der Waals surface area contributed by atoms with E-state index in [0.29, 0.717) is 5.56 Å². The number of aryl methyl sites for hydroxylation is 2. The number of carbonyl (C=O) groups is 1. The van der Waals surface area contributed by atoms with Crippen molar-refractivity contribution in [2.45, 2.75) is 20.4 Å². The molecular formula is C18H21FN2O. The van der Waals surface area contributed by atoms with Gasteiger partial charge >= 0.3 is 0 Å². The molecule has 3 nitrogen and oxygen atoms in total. The predicted octanol–water partition coefficient (Wildman–Crippen LogP) is 3.20. The third-order valence-electron chi connectivity index (χ3n) is 3.58. The zero-order valence-corrected chi connectivity index (χ0v) is 13.2. The summed E-state index contributed by atoms with van der Waals surface area (Å²) in [6, 6.07) is 12.6. The molecule has 0 aliphatic carbocycles. The van der Waals surface area contributed by atoms with Gasteiger partial charge in [0.1, 0.15) is 5.82 Å². The normalized spacial score (nSPS) is 10.4. The number of hydrogen-bond acceptors (Lipinski definition) is 2. The topological polar surface area (TPSA) is 32.3 Å². The molecule has 4 heteroatoms. The smallest absolute Gasteiger partial charge is 0.239 e. The van der Waals surface area contributed by atoms with Gasteiger partial charge in [-0.25, -0.2) is 4.39 Å². The lowest BCUT2D eigenvalue weighted by Crippen LogP contribution is -2.35. The van der Waals surface area contributed by atoms with Gasteiger partial charge in [-0.15, -0.1) is 0 Å². The first-order valence-electron chi connectivity index (χ1n) is 7.26. The molecule has 0 saturated carbocycles. The van der Waals surface area contributed by atoms with Crippen LogP contribution in [0.25, 0.3) is 0 Å². The van der Waals surface area contributed by atoms with Gasteiger partial charge in [0.2, 0.25) is 5.91 Å². The van der Waals surface area contributed by atoms with Gasteiger partial charge in [0.05, 0.1) is 6.54 Å². The molecule has 0 unspecified atom stereocenters. The zero-order valence-electron chi connectivity index (χ0n) is 13.2. The summed E-state index contributed by atoms with van der Waals surface area (Å²) >= 11 is 0. The van der Waals surface area contributed by atoms with Crippen molar-refractivity contribution >= 4 is 11.6 Å². The molecule has 2 aromatic carbocycles. The quantitative estimate of drug-likeness (QED) is 0.919. The fourth-order valence-electron chi connectivity index (χ4n) is 2.43. The average Bonchev–Trinajstić information content (AvgIpc) is 2.46. The molecule has 1 amide bonds. The number of anilines is 1. The van der Waals surface area contributed by atoms with Gasteiger partial charge in [-0.1, -0.05) is 35.9 Å². The first kappa shape index (κ1) is 16.0. The van der Waals surface area contributed by atoms with Crippen LogP contribution in [0.1, 0.15) is 16.7 Å². The zero-order chi connectivity index (χ0) is 16.1. The Balaban J connectivity index is 1.93. The van der Waals surface area contributed by atoms with Gasteiger partial charge in [0.15, 0.2) is 0 Å². The van der Waals surface area contributed by atoms with Crippen molar-refractivity contribution in [3.05, 3.63) is 65.0 Å². The van der Waals surface area contributed by atoms with Gasteiger partial charge in [-0.3, -0.25) is 4.79 Å². The highest BCUT2D eigenvalue weighted by Gasteiger charge is 2.10. The minimum absolute atomic E-state index is 0.134. The summed E-state index contributed by atoms with van der Waals surface area (Å²) in [5, 5.41) is 2.75. The average molecular weight is 300 g/mol. The minimum Gasteiger partial charge on any atom is -0.365 e. The van der Waals surface area contributed by atoms with Gasteiger partial charge in [-0.05, 0) is 31.5 Å². The summed E-state index contributed by atoms with van der Waals surface area (Å²) in [6.07, 6.45) is 0. The second kappa shape index (κ2) is 7.07. The standard InChI is InChI=1S/C18H21FN2O/c1-13-8-9-17(14(2)10-13)21(3)12-18(22)20-11-15-6-4-5-7-16(15)19/h4-10H,11-12H2,1-3H3,(H,20,22). The van der Waals surface area contributed by atoms with Gasteiger partial charge in [0, 0.05) is 24.8 Å². The molecule has 2 rings (SSSR count). The Morgan fingerprint density at radius 2 is 1.91 bits per heavy atom. The minimum atomic E-state index is -0.300. The molecule has 1 N–H and O–H groups in total. The molecule has 0 radical (unpaired) electrons. The fourth-order valence-corrected chi connectivity index (χ4v) is 2.43. The highest BCUT2D eigenvalue weighted by atomic mass is 19.1. The Morgan fingerprint density at radius 1 is 1.18 bits per heavy atom. The van der Waals surface area contributed by atoms with Crippen molar-refractivity contribution in [2.24, 2.45) is 0 Å². The maximum absolute atomic E-state index is 13.5. The SMILES string of the molecule is Cc1ccc(N(C)CC(=O)NCc2ccccc2F)c(C)c1. The summed E-state index contributed by atoms with van der Waals surface area (Å²) in [6.45, 7) is 4.50. The molecule has 0 fully saturated rings. The number of likely N-dealkylation sites (N-methyl/N-ethyl adjacent to an activating group) is 1. The molecule has 2 aromatic rings. The number of amides is 1. The summed E-state index contributed by atoms with van der Waals surface area (Å²) in [5.41, 5.74) is 3.83. The summed E-state index contributed by atoms with van der Waals surface area (Å²) < 4.78 is 13.5. The van der Waals surface area contributed by atoms with Crippen molar-refractivity contribution in [1.29, 1.82) is 0 Å². The van der Waals surface area contributed by atoms with E-state index in [1.165, 1.54) is 11.6 Å². The van der Waals surface area contributed by atoms with Gasteiger partial charge < -0.3 is 10.2 Å². The van der Waals surface area contributed by atoms with Crippen LogP contribution < -0.4 is 10.2 Å². The number of nitrogens with zero attached hydrogens (tertiary/aromatic N) is 1. The van der Waals surface area contributed by atoms with E-state index < -0.39 is 0 Å². The van der Waals surface area contributed by atoms with Crippen LogP contribution in [0.3, 0.4) is 0 Å². The van der Waals surface area contributed by atoms with Crippen LogP contribution in [0.15, 0.2) is 42.5 Å². The third kappa shape index (κ3) is 4.07. The Kier molecular flexibility index (Phi) is 5.15. The fraction of sp³-hybridized carbons (Fsp3) is 0.278. The highest BCUT2D eigenvalue weighted by Crippen LogP contribution is 2.19. The molecule has 0 spiro atoms. The van der Waals surface area contributed by atoms with Crippen LogP contribution in [0, 0.1) is 19.7 Å². The van der Waals surface area contributed by atoms with Crippen molar-refractivity contribution in [1.82, 2.24) is 5.32 Å². The lowest BCUT2D eigenvalue weighted by Gasteiger charge is -2.21. The first-order valence-corrected chi connectivity index (χ1v) is 7.26. The van der Waals surface area contributed by atoms with E-state index in [0.717, 1.165) is 11.3 Å². The molecule has 0 aliphatic heterocycles. The number of nitrogens with one attached hydrogen (secondary N) is 1. The number of rotatable bonds is 5. The molecule has 116 valence electrons. The second-order valence-corrected chi connectivity index (χ2v) is 5.51. The van der Waals surface area contributed by atoms with E-state index in [-0.39, 0.29) is 24.8 Å². The lowest BCUT2D eigenvalue weighted by atomic mass is 10.1. The maximum Gasteiger partial charge on any atom is 0.239 e. The predicted molar refractivity (Wildman–Crippen MR) is 87.4 cm³/mol. The summed E-state index contributed by atoms with van der Waals surface area (Å²) in [7, 11) is 1.88. The van der Waals surface area contributed by atoms with Gasteiger partial charge in [0.25, 0.3) is 0 Å². The van der Waals surface area contributed by atoms with Crippen LogP contribution in [0.4, 0.5) is 10.1 Å². The van der Waals surface area contributed by atoms with E-state index in [2.05, 4.69) is 11.4 Å². The molecule has 0 aliphatic rings. The van der Waals surface area contributed by atoms with E-state index >= 15 is 0 Å². The number of benzene rings is 2. The van der Waals surface area contributed by atoms with Crippen molar-refractivity contribution in [3.8, 4) is 0 Å². The highest BCUT2D eigenvalue weighted by molar-refractivity contribution is 5.81. The monoisotopic (exact) mass is 300 g/mol. The van der Waals surface area contributed by atoms with E-state index in [1.54, 1.807) is 18.2 Å². The lowest BCUT2D eigenvalue weighted by molar-refractivity contribution is -0.119. The van der Waals surface area contributed by atoms with Crippen molar-refractivity contribution < 1.29 is 9.18 Å². The number of hydrogen-bond donors (Lipinski definition) is 1. The molecule has 0 aromatic heterocycles. The number of carbonyl (C=O) groups excluding carboxylic acids is 1. The van der Waals surface area contributed by atoms with Crippen LogP contribution in [0.2, 0.25) is 0 Å². The Hall–Kier alpha value is -2.36. The van der Waals surface area contributed by atoms with E-state index in [9.17, 15) is 9.18 Å². The Morgan fingerprint density at radius 3 is 2.59 bits per heavy atom. The molecule has 0 atom stereocenters. The van der Waals surface area contributed by atoms with Crippen LogP contribution in [-0.2, 0) is 11.3 Å². The largest absolute Gasteiger partial charge is 0.365 e. The molecule has 22 heavy (non-hydrogen) atoms. The Labute approximate surface area is 130 Å². The van der Waals surface area contributed by atoms with E-state index in [4.69, 9.17) is 0 Å². The second-order valence-electron chi connectivity index (χ2n) is 5.51.